The molecule has 21 heavy (non-hydrogen) atoms. The topological polar surface area (TPSA) is 29.1 Å². The molecule has 0 bridgehead atoms. The lowest BCUT2D eigenvalue weighted by atomic mass is 10.1. The summed E-state index contributed by atoms with van der Waals surface area (Å²) >= 11 is 6.04. The molecule has 1 rings (SSSR count). The first-order valence-corrected chi connectivity index (χ1v) is 8.57. The molecule has 1 aromatic carbocycles. The van der Waals surface area contributed by atoms with Crippen molar-refractivity contribution in [3.8, 4) is 0 Å². The number of hydrogen-bond acceptors (Lipinski definition) is 1. The molecule has 0 saturated heterocycles. The summed E-state index contributed by atoms with van der Waals surface area (Å²) in [6, 6.07) is 5.63. The Morgan fingerprint density at radius 1 is 1.05 bits per heavy atom. The maximum Gasteiger partial charge on any atom is 0.224 e. The quantitative estimate of drug-likeness (QED) is 0.518. The monoisotopic (exact) mass is 309 g/mol. The molecule has 0 spiro atoms. The van der Waals surface area contributed by atoms with E-state index >= 15 is 0 Å². The molecule has 118 valence electrons. The molecule has 0 aliphatic rings. The fraction of sp³-hybridized carbons (Fsp3) is 0.611. The highest BCUT2D eigenvalue weighted by molar-refractivity contribution is 6.31. The van der Waals surface area contributed by atoms with Crippen molar-refractivity contribution >= 4 is 23.2 Å². The van der Waals surface area contributed by atoms with Crippen LogP contribution in [0.25, 0.3) is 0 Å². The number of carbonyl (C=O) groups excluding carboxylic acids is 1. The molecule has 0 aromatic heterocycles. The van der Waals surface area contributed by atoms with Gasteiger partial charge in [0.1, 0.15) is 0 Å². The van der Waals surface area contributed by atoms with Crippen LogP contribution in [0.3, 0.4) is 0 Å². The second-order valence-electron chi connectivity index (χ2n) is 5.74. The molecule has 0 aliphatic carbocycles. The van der Waals surface area contributed by atoms with Gasteiger partial charge in [0.25, 0.3) is 0 Å². The largest absolute Gasteiger partial charge is 0.326 e. The summed E-state index contributed by atoms with van der Waals surface area (Å²) in [5.74, 6) is 0.0842. The van der Waals surface area contributed by atoms with E-state index in [1.165, 1.54) is 38.5 Å². The van der Waals surface area contributed by atoms with Crippen molar-refractivity contribution in [1.82, 2.24) is 0 Å². The maximum atomic E-state index is 11.8. The zero-order valence-corrected chi connectivity index (χ0v) is 14.1. The zero-order chi connectivity index (χ0) is 15.5. The van der Waals surface area contributed by atoms with Gasteiger partial charge < -0.3 is 5.32 Å². The predicted octanol–water partition coefficient (Wildman–Crippen LogP) is 6.12. The molecule has 1 aromatic rings. The Morgan fingerprint density at radius 2 is 1.67 bits per heavy atom. The summed E-state index contributed by atoms with van der Waals surface area (Å²) in [7, 11) is 0. The Hall–Kier alpha value is -1.02. The van der Waals surface area contributed by atoms with Crippen LogP contribution in [0.2, 0.25) is 5.02 Å². The molecule has 0 fully saturated rings. The molecule has 1 amide bonds. The molecular formula is C18H28ClNO. The van der Waals surface area contributed by atoms with Crippen LogP contribution in [0.4, 0.5) is 5.69 Å². The minimum atomic E-state index is 0.0842. The minimum Gasteiger partial charge on any atom is -0.326 e. The third-order valence-electron chi connectivity index (χ3n) is 3.71. The number of nitrogens with one attached hydrogen (secondary N) is 1. The lowest BCUT2D eigenvalue weighted by Gasteiger charge is -2.07. The van der Waals surface area contributed by atoms with Gasteiger partial charge >= 0.3 is 0 Å². The lowest BCUT2D eigenvalue weighted by molar-refractivity contribution is -0.116. The Kier molecular flexibility index (Phi) is 9.16. The van der Waals surface area contributed by atoms with Gasteiger partial charge in [0.2, 0.25) is 5.91 Å². The number of unbranched alkanes of at least 4 members (excludes halogenated alkanes) is 7. The summed E-state index contributed by atoms with van der Waals surface area (Å²) in [6.07, 6.45) is 10.6. The van der Waals surface area contributed by atoms with Gasteiger partial charge in [-0.2, -0.15) is 0 Å². The normalized spacial score (nSPS) is 10.6. The van der Waals surface area contributed by atoms with Crippen LogP contribution in [0.5, 0.6) is 0 Å². The van der Waals surface area contributed by atoms with E-state index in [-0.39, 0.29) is 5.91 Å². The smallest absolute Gasteiger partial charge is 0.224 e. The third kappa shape index (κ3) is 8.11. The maximum absolute atomic E-state index is 11.8. The molecule has 0 saturated carbocycles. The molecule has 0 unspecified atom stereocenters. The molecular weight excluding hydrogens is 282 g/mol. The standard InChI is InChI=1S/C18H28ClNO/c1-3-4-5-6-7-8-9-10-11-18(21)20-16-13-12-15(2)17(19)14-16/h12-14H,3-11H2,1-2H3,(H,20,21). The van der Waals surface area contributed by atoms with Crippen molar-refractivity contribution in [2.24, 2.45) is 0 Å². The molecule has 3 heteroatoms. The second kappa shape index (κ2) is 10.7. The Balaban J connectivity index is 2.10. The van der Waals surface area contributed by atoms with Crippen molar-refractivity contribution < 1.29 is 4.79 Å². The van der Waals surface area contributed by atoms with Gasteiger partial charge in [-0.15, -0.1) is 0 Å². The van der Waals surface area contributed by atoms with Crippen LogP contribution in [0.15, 0.2) is 18.2 Å². The summed E-state index contributed by atoms with van der Waals surface area (Å²) in [6.45, 7) is 4.19. The summed E-state index contributed by atoms with van der Waals surface area (Å²) in [5, 5.41) is 3.60. The van der Waals surface area contributed by atoms with Gasteiger partial charge in [-0.25, -0.2) is 0 Å². The zero-order valence-electron chi connectivity index (χ0n) is 13.4. The highest BCUT2D eigenvalue weighted by Gasteiger charge is 2.03. The van der Waals surface area contributed by atoms with Crippen LogP contribution in [-0.4, -0.2) is 5.91 Å². The summed E-state index contributed by atoms with van der Waals surface area (Å²) in [4.78, 5) is 11.8. The van der Waals surface area contributed by atoms with E-state index in [1.807, 2.05) is 25.1 Å². The van der Waals surface area contributed by atoms with Crippen molar-refractivity contribution in [3.05, 3.63) is 28.8 Å². The number of halogens is 1. The molecule has 1 N–H and O–H groups in total. The van der Waals surface area contributed by atoms with Crippen molar-refractivity contribution in [1.29, 1.82) is 0 Å². The number of anilines is 1. The predicted molar refractivity (Wildman–Crippen MR) is 92.0 cm³/mol. The first kappa shape index (κ1) is 18.0. The number of hydrogen-bond donors (Lipinski definition) is 1. The third-order valence-corrected chi connectivity index (χ3v) is 4.12. The fourth-order valence-electron chi connectivity index (χ4n) is 2.31. The van der Waals surface area contributed by atoms with Crippen LogP contribution < -0.4 is 5.32 Å². The van der Waals surface area contributed by atoms with Crippen molar-refractivity contribution in [2.75, 3.05) is 5.32 Å². The average molecular weight is 310 g/mol. The summed E-state index contributed by atoms with van der Waals surface area (Å²) in [5.41, 5.74) is 1.81. The van der Waals surface area contributed by atoms with Gasteiger partial charge in [-0.3, -0.25) is 4.79 Å². The number of carbonyl (C=O) groups is 1. The molecule has 0 aliphatic heterocycles. The summed E-state index contributed by atoms with van der Waals surface area (Å²) < 4.78 is 0. The number of aryl methyl sites for hydroxylation is 1. The number of amides is 1. The Morgan fingerprint density at radius 3 is 2.29 bits per heavy atom. The number of benzene rings is 1. The minimum absolute atomic E-state index is 0.0842. The Bertz CT molecular complexity index is 431. The lowest BCUT2D eigenvalue weighted by Crippen LogP contribution is -2.11. The molecule has 2 nitrogen and oxygen atoms in total. The van der Waals surface area contributed by atoms with Gasteiger partial charge in [0, 0.05) is 17.1 Å². The van der Waals surface area contributed by atoms with Gasteiger partial charge in [-0.05, 0) is 31.0 Å². The van der Waals surface area contributed by atoms with Gasteiger partial charge in [0.15, 0.2) is 0 Å². The van der Waals surface area contributed by atoms with Crippen molar-refractivity contribution in [3.63, 3.8) is 0 Å². The molecule has 0 atom stereocenters. The van der Waals surface area contributed by atoms with E-state index in [9.17, 15) is 4.79 Å². The van der Waals surface area contributed by atoms with E-state index in [2.05, 4.69) is 12.2 Å². The first-order chi connectivity index (χ1) is 10.1. The van der Waals surface area contributed by atoms with E-state index in [0.717, 1.165) is 24.1 Å². The van der Waals surface area contributed by atoms with Crippen LogP contribution >= 0.6 is 11.6 Å². The number of rotatable bonds is 10. The van der Waals surface area contributed by atoms with Crippen LogP contribution in [0.1, 0.15) is 70.3 Å². The average Bonchev–Trinajstić information content (AvgIpc) is 2.46. The molecule has 0 radical (unpaired) electrons. The van der Waals surface area contributed by atoms with Crippen LogP contribution in [0, 0.1) is 6.92 Å². The molecule has 0 heterocycles. The highest BCUT2D eigenvalue weighted by Crippen LogP contribution is 2.20. The van der Waals surface area contributed by atoms with E-state index in [0.29, 0.717) is 11.4 Å². The van der Waals surface area contributed by atoms with E-state index in [4.69, 9.17) is 11.6 Å². The first-order valence-electron chi connectivity index (χ1n) is 8.19. The van der Waals surface area contributed by atoms with E-state index < -0.39 is 0 Å². The van der Waals surface area contributed by atoms with Crippen molar-refractivity contribution in [2.45, 2.75) is 71.6 Å². The van der Waals surface area contributed by atoms with Gasteiger partial charge in [0.05, 0.1) is 0 Å². The van der Waals surface area contributed by atoms with E-state index in [1.54, 1.807) is 0 Å². The second-order valence-corrected chi connectivity index (χ2v) is 6.14. The van der Waals surface area contributed by atoms with Crippen LogP contribution in [-0.2, 0) is 4.79 Å². The Labute approximate surface area is 134 Å². The fourth-order valence-corrected chi connectivity index (χ4v) is 2.49. The van der Waals surface area contributed by atoms with Gasteiger partial charge in [-0.1, -0.05) is 69.5 Å². The SMILES string of the molecule is CCCCCCCCCCC(=O)Nc1ccc(C)c(Cl)c1. The highest BCUT2D eigenvalue weighted by atomic mass is 35.5.